The van der Waals surface area contributed by atoms with E-state index in [1.807, 2.05) is 43.3 Å². The largest absolute Gasteiger partial charge is 0.497 e. The summed E-state index contributed by atoms with van der Waals surface area (Å²) in [5.41, 5.74) is 3.48. The lowest BCUT2D eigenvalue weighted by Crippen LogP contribution is -2.13. The van der Waals surface area contributed by atoms with Crippen LogP contribution in [0.5, 0.6) is 28.7 Å². The number of carboxylic acid groups (broad SMARTS) is 2. The van der Waals surface area contributed by atoms with Crippen LogP contribution in [0.3, 0.4) is 0 Å². The van der Waals surface area contributed by atoms with Crippen LogP contribution in [0.1, 0.15) is 29.5 Å². The van der Waals surface area contributed by atoms with Gasteiger partial charge in [0, 0.05) is 24.2 Å². The van der Waals surface area contributed by atoms with Gasteiger partial charge in [-0.25, -0.2) is 16.8 Å². The van der Waals surface area contributed by atoms with Crippen molar-refractivity contribution in [3.8, 4) is 28.7 Å². The maximum absolute atomic E-state index is 12.5. The van der Waals surface area contributed by atoms with Gasteiger partial charge in [-0.1, -0.05) is 54.1 Å². The molecule has 0 fully saturated rings. The molecule has 0 aliphatic rings. The standard InChI is InChI=1S/C24H25NO7S.C24H25NO6S/c1-30-20-11-13-22(14-12-20)33(28,29)25-19-7-9-21(10-8-19)31-16-17-32-23-5-3-2-4-18(23)6-15-24(26)27;1-18-6-13-22(14-7-18)32(28,29)25-20-9-11-21(12-10-20)30-16-17-31-23-5-3-2-4-19(23)8-15-24(26)27/h2-5,7-14,25H,6,15-17H2,1H3,(H,26,27);2-7,9-14,25H,8,15-17H2,1H3,(H,26,27). The van der Waals surface area contributed by atoms with Gasteiger partial charge in [0.25, 0.3) is 20.0 Å². The fourth-order valence-corrected chi connectivity index (χ4v) is 8.06. The Morgan fingerprint density at radius 3 is 1.22 bits per heavy atom. The van der Waals surface area contributed by atoms with Crippen LogP contribution in [0.2, 0.25) is 0 Å². The Hall–Kier alpha value is -7.24. The molecule has 342 valence electrons. The first-order chi connectivity index (χ1) is 31.2. The molecule has 0 aliphatic carbocycles. The first kappa shape index (κ1) is 48.8. The van der Waals surface area contributed by atoms with Crippen LogP contribution in [-0.4, -0.2) is 72.5 Å². The Bertz CT molecular complexity index is 2680. The summed E-state index contributed by atoms with van der Waals surface area (Å²) < 4.78 is 82.8. The van der Waals surface area contributed by atoms with Gasteiger partial charge < -0.3 is 33.9 Å². The van der Waals surface area contributed by atoms with Gasteiger partial charge >= 0.3 is 11.9 Å². The van der Waals surface area contributed by atoms with Crippen LogP contribution < -0.4 is 33.1 Å². The van der Waals surface area contributed by atoms with E-state index in [9.17, 15) is 26.4 Å². The molecular formula is C48H50N2O13S2. The number of anilines is 2. The highest BCUT2D eigenvalue weighted by atomic mass is 32.2. The van der Waals surface area contributed by atoms with Crippen molar-refractivity contribution in [3.63, 3.8) is 0 Å². The number of nitrogens with one attached hydrogen (secondary N) is 2. The van der Waals surface area contributed by atoms with Gasteiger partial charge in [-0.2, -0.15) is 0 Å². The van der Waals surface area contributed by atoms with Crippen LogP contribution in [0.4, 0.5) is 11.4 Å². The number of methoxy groups -OCH3 is 1. The Balaban J connectivity index is 0.000000244. The first-order valence-corrected chi connectivity index (χ1v) is 23.2. The van der Waals surface area contributed by atoms with Crippen molar-refractivity contribution in [2.45, 2.75) is 42.4 Å². The minimum atomic E-state index is -3.72. The van der Waals surface area contributed by atoms with Crippen molar-refractivity contribution in [1.29, 1.82) is 0 Å². The summed E-state index contributed by atoms with van der Waals surface area (Å²) in [5.74, 6) is 1.26. The smallest absolute Gasteiger partial charge is 0.303 e. The Morgan fingerprint density at radius 2 is 0.831 bits per heavy atom. The molecule has 0 amide bonds. The number of benzene rings is 6. The highest BCUT2D eigenvalue weighted by Crippen LogP contribution is 2.24. The lowest BCUT2D eigenvalue weighted by Gasteiger charge is -2.12. The predicted molar refractivity (Wildman–Crippen MR) is 245 cm³/mol. The second-order valence-electron chi connectivity index (χ2n) is 14.1. The van der Waals surface area contributed by atoms with Crippen LogP contribution in [0, 0.1) is 6.92 Å². The number of para-hydroxylation sites is 2. The van der Waals surface area contributed by atoms with E-state index < -0.39 is 32.0 Å². The minimum Gasteiger partial charge on any atom is -0.497 e. The van der Waals surface area contributed by atoms with E-state index >= 15 is 0 Å². The molecule has 0 aliphatic heterocycles. The quantitative estimate of drug-likeness (QED) is 0.0447. The van der Waals surface area contributed by atoms with Crippen LogP contribution >= 0.6 is 0 Å². The Morgan fingerprint density at radius 1 is 0.477 bits per heavy atom. The fraction of sp³-hybridized carbons (Fsp3) is 0.208. The summed E-state index contributed by atoms with van der Waals surface area (Å²) in [7, 11) is -5.86. The van der Waals surface area contributed by atoms with Crippen molar-refractivity contribution >= 4 is 43.4 Å². The molecule has 0 unspecified atom stereocenters. The number of ether oxygens (including phenoxy) is 5. The molecule has 17 heteroatoms. The Labute approximate surface area is 378 Å². The van der Waals surface area contributed by atoms with Crippen molar-refractivity contribution < 1.29 is 60.3 Å². The monoisotopic (exact) mass is 926 g/mol. The average Bonchev–Trinajstić information content (AvgIpc) is 3.29. The van der Waals surface area contributed by atoms with E-state index in [1.54, 1.807) is 97.1 Å². The summed E-state index contributed by atoms with van der Waals surface area (Å²) in [6.45, 7) is 3.00. The summed E-state index contributed by atoms with van der Waals surface area (Å²) in [6, 6.07) is 40.5. The molecule has 0 saturated carbocycles. The molecular weight excluding hydrogens is 877 g/mol. The molecule has 0 atom stereocenters. The van der Waals surface area contributed by atoms with E-state index in [1.165, 1.54) is 19.2 Å². The topological polar surface area (TPSA) is 213 Å². The molecule has 0 aromatic heterocycles. The number of aliphatic carboxylic acids is 2. The van der Waals surface area contributed by atoms with Gasteiger partial charge in [0.2, 0.25) is 0 Å². The molecule has 65 heavy (non-hydrogen) atoms. The van der Waals surface area contributed by atoms with E-state index in [4.69, 9.17) is 33.9 Å². The number of hydrogen-bond acceptors (Lipinski definition) is 11. The normalized spacial score (nSPS) is 11.0. The van der Waals surface area contributed by atoms with Crippen molar-refractivity contribution in [1.82, 2.24) is 0 Å². The molecule has 0 heterocycles. The number of aryl methyl sites for hydroxylation is 3. The van der Waals surface area contributed by atoms with Crippen LogP contribution in [0.15, 0.2) is 155 Å². The van der Waals surface area contributed by atoms with Gasteiger partial charge in [-0.05, 0) is 128 Å². The van der Waals surface area contributed by atoms with Gasteiger partial charge in [0.1, 0.15) is 55.2 Å². The lowest BCUT2D eigenvalue weighted by atomic mass is 10.1. The molecule has 0 bridgehead atoms. The first-order valence-electron chi connectivity index (χ1n) is 20.3. The van der Waals surface area contributed by atoms with Gasteiger partial charge in [0.15, 0.2) is 0 Å². The zero-order valence-electron chi connectivity index (χ0n) is 35.7. The molecule has 6 aromatic rings. The van der Waals surface area contributed by atoms with Gasteiger partial charge in [-0.3, -0.25) is 19.0 Å². The number of sulfonamides is 2. The number of hydrogen-bond donors (Lipinski definition) is 4. The summed E-state index contributed by atoms with van der Waals surface area (Å²) >= 11 is 0. The van der Waals surface area contributed by atoms with Crippen molar-refractivity contribution in [3.05, 3.63) is 162 Å². The zero-order valence-corrected chi connectivity index (χ0v) is 37.3. The maximum atomic E-state index is 12.5. The van der Waals surface area contributed by atoms with Gasteiger partial charge in [-0.15, -0.1) is 0 Å². The molecule has 4 N–H and O–H groups in total. The molecule has 0 radical (unpaired) electrons. The van der Waals surface area contributed by atoms with Gasteiger partial charge in [0.05, 0.1) is 16.9 Å². The predicted octanol–water partition coefficient (Wildman–Crippen LogP) is 8.24. The molecule has 0 saturated heterocycles. The van der Waals surface area contributed by atoms with Crippen LogP contribution in [-0.2, 0) is 42.5 Å². The lowest BCUT2D eigenvalue weighted by molar-refractivity contribution is -0.138. The second-order valence-corrected chi connectivity index (χ2v) is 17.5. The summed E-state index contributed by atoms with van der Waals surface area (Å²) in [4.78, 5) is 21.9. The summed E-state index contributed by atoms with van der Waals surface area (Å²) in [6.07, 6.45) is 0.856. The average molecular weight is 927 g/mol. The van der Waals surface area contributed by atoms with Crippen LogP contribution in [0.25, 0.3) is 0 Å². The highest BCUT2D eigenvalue weighted by molar-refractivity contribution is 7.93. The molecule has 15 nitrogen and oxygen atoms in total. The molecule has 6 rings (SSSR count). The fourth-order valence-electron chi connectivity index (χ4n) is 5.95. The second kappa shape index (κ2) is 24.0. The molecule has 0 spiro atoms. The van der Waals surface area contributed by atoms with Crippen molar-refractivity contribution in [2.24, 2.45) is 0 Å². The summed E-state index contributed by atoms with van der Waals surface area (Å²) in [5, 5.41) is 17.7. The van der Waals surface area contributed by atoms with E-state index in [2.05, 4.69) is 9.44 Å². The van der Waals surface area contributed by atoms with E-state index in [0.29, 0.717) is 53.0 Å². The number of carbonyl (C=O) groups is 2. The maximum Gasteiger partial charge on any atom is 0.303 e. The Kier molecular flexibility index (Phi) is 18.0. The zero-order chi connectivity index (χ0) is 46.7. The van der Waals surface area contributed by atoms with E-state index in [0.717, 1.165) is 16.7 Å². The third-order valence-corrected chi connectivity index (χ3v) is 12.1. The number of rotatable bonds is 23. The van der Waals surface area contributed by atoms with Crippen molar-refractivity contribution in [2.75, 3.05) is 43.0 Å². The molecule has 6 aromatic carbocycles. The number of carboxylic acids is 2. The SMILES string of the molecule is COc1ccc(S(=O)(=O)Nc2ccc(OCCOc3ccccc3CCC(=O)O)cc2)cc1.Cc1ccc(S(=O)(=O)Nc2ccc(OCCOc3ccccc3CCC(=O)O)cc2)cc1. The van der Waals surface area contributed by atoms with E-state index in [-0.39, 0.29) is 49.1 Å². The minimum absolute atomic E-state index is 0.0332. The highest BCUT2D eigenvalue weighted by Gasteiger charge is 2.16. The third kappa shape index (κ3) is 16.1. The third-order valence-electron chi connectivity index (χ3n) is 9.29.